The largest absolute Gasteiger partial charge is 0.314 e. The maximum absolute atomic E-state index is 6.44. The highest BCUT2D eigenvalue weighted by Crippen LogP contribution is 2.39. The molecule has 2 nitrogen and oxygen atoms in total. The quantitative estimate of drug-likeness (QED) is 0.789. The molecule has 0 amide bonds. The van der Waals surface area contributed by atoms with Crippen molar-refractivity contribution in [1.29, 1.82) is 0 Å². The average Bonchev–Trinajstić information content (AvgIpc) is 2.98. The molecule has 2 heterocycles. The Kier molecular flexibility index (Phi) is 8.50. The van der Waals surface area contributed by atoms with Gasteiger partial charge in [-0.2, -0.15) is 0 Å². The molecule has 1 atom stereocenters. The summed E-state index contributed by atoms with van der Waals surface area (Å²) in [5, 5.41) is 6.99. The second-order valence-electron chi connectivity index (χ2n) is 4.84. The summed E-state index contributed by atoms with van der Waals surface area (Å²) in [6, 6.07) is 10.1. The van der Waals surface area contributed by atoms with Crippen molar-refractivity contribution in [3.8, 4) is 0 Å². The molecule has 0 radical (unpaired) electrons. The van der Waals surface area contributed by atoms with Crippen LogP contribution in [-0.4, -0.2) is 31.1 Å². The third kappa shape index (κ3) is 4.30. The van der Waals surface area contributed by atoms with Crippen LogP contribution in [0, 0.1) is 0 Å². The summed E-state index contributed by atoms with van der Waals surface area (Å²) < 4.78 is 0. The molecular formula is C15H18Cl4N2S. The van der Waals surface area contributed by atoms with Crippen molar-refractivity contribution in [3.63, 3.8) is 0 Å². The van der Waals surface area contributed by atoms with E-state index in [1.165, 1.54) is 4.88 Å². The fourth-order valence-electron chi connectivity index (χ4n) is 2.66. The van der Waals surface area contributed by atoms with Gasteiger partial charge in [-0.05, 0) is 23.6 Å². The summed E-state index contributed by atoms with van der Waals surface area (Å²) in [6.07, 6.45) is 0. The van der Waals surface area contributed by atoms with Gasteiger partial charge in [-0.25, -0.2) is 0 Å². The van der Waals surface area contributed by atoms with E-state index in [1.54, 1.807) is 11.3 Å². The number of nitrogens with zero attached hydrogens (tertiary/aromatic N) is 1. The van der Waals surface area contributed by atoms with Crippen molar-refractivity contribution in [3.05, 3.63) is 56.2 Å². The van der Waals surface area contributed by atoms with E-state index in [9.17, 15) is 0 Å². The highest BCUT2D eigenvalue weighted by atomic mass is 35.5. The van der Waals surface area contributed by atoms with E-state index in [1.807, 2.05) is 18.2 Å². The Balaban J connectivity index is 0.00000121. The molecule has 1 aromatic carbocycles. The van der Waals surface area contributed by atoms with E-state index in [4.69, 9.17) is 23.2 Å². The molecule has 1 fully saturated rings. The molecule has 1 aromatic heterocycles. The Hall–Kier alpha value is -0.000000000000000236. The minimum Gasteiger partial charge on any atom is -0.314 e. The van der Waals surface area contributed by atoms with E-state index < -0.39 is 0 Å². The number of halogens is 4. The molecule has 0 unspecified atom stereocenters. The zero-order chi connectivity index (χ0) is 13.9. The van der Waals surface area contributed by atoms with Gasteiger partial charge in [0.25, 0.3) is 0 Å². The molecule has 0 bridgehead atoms. The summed E-state index contributed by atoms with van der Waals surface area (Å²) in [5.74, 6) is 0. The average molecular weight is 400 g/mol. The van der Waals surface area contributed by atoms with Crippen molar-refractivity contribution in [2.24, 2.45) is 0 Å². The van der Waals surface area contributed by atoms with Crippen LogP contribution in [0.2, 0.25) is 10.0 Å². The molecule has 1 saturated heterocycles. The van der Waals surface area contributed by atoms with Crippen molar-refractivity contribution < 1.29 is 0 Å². The summed E-state index contributed by atoms with van der Waals surface area (Å²) in [6.45, 7) is 4.02. The van der Waals surface area contributed by atoms with Gasteiger partial charge in [-0.15, -0.1) is 36.2 Å². The van der Waals surface area contributed by atoms with E-state index in [-0.39, 0.29) is 30.9 Å². The second kappa shape index (κ2) is 9.33. The van der Waals surface area contributed by atoms with Crippen LogP contribution >= 0.6 is 59.4 Å². The zero-order valence-electron chi connectivity index (χ0n) is 11.8. The number of piperazine rings is 1. The third-order valence-electron chi connectivity index (χ3n) is 3.60. The van der Waals surface area contributed by atoms with E-state index in [0.29, 0.717) is 0 Å². The van der Waals surface area contributed by atoms with Crippen LogP contribution < -0.4 is 5.32 Å². The lowest BCUT2D eigenvalue weighted by atomic mass is 10.0. The summed E-state index contributed by atoms with van der Waals surface area (Å²) >= 11 is 14.6. The minimum atomic E-state index is 0. The van der Waals surface area contributed by atoms with Crippen molar-refractivity contribution in [1.82, 2.24) is 10.2 Å². The van der Waals surface area contributed by atoms with Crippen LogP contribution in [0.4, 0.5) is 0 Å². The molecule has 2 aromatic rings. The monoisotopic (exact) mass is 398 g/mol. The highest BCUT2D eigenvalue weighted by molar-refractivity contribution is 7.10. The molecule has 7 heteroatoms. The lowest BCUT2D eigenvalue weighted by molar-refractivity contribution is 0.201. The van der Waals surface area contributed by atoms with Crippen LogP contribution in [0.15, 0.2) is 35.7 Å². The molecule has 0 spiro atoms. The van der Waals surface area contributed by atoms with Gasteiger partial charge in [0, 0.05) is 46.7 Å². The highest BCUT2D eigenvalue weighted by Gasteiger charge is 2.28. The number of benzene rings is 1. The molecule has 0 aliphatic carbocycles. The topological polar surface area (TPSA) is 15.3 Å². The number of hydrogen-bond donors (Lipinski definition) is 1. The Morgan fingerprint density at radius 1 is 1.00 bits per heavy atom. The SMILES string of the molecule is Cl.Cl.Clc1cccc(Cl)c1[C@H](c1cccs1)N1CCNCC1. The van der Waals surface area contributed by atoms with E-state index >= 15 is 0 Å². The van der Waals surface area contributed by atoms with Crippen LogP contribution in [0.25, 0.3) is 0 Å². The number of rotatable bonds is 3. The standard InChI is InChI=1S/C15H16Cl2N2S.2ClH/c16-11-3-1-4-12(17)14(11)15(13-5-2-10-20-13)19-8-6-18-7-9-19;;/h1-5,10,15,18H,6-9H2;2*1H/t15-;;/m0../s1. The van der Waals surface area contributed by atoms with Crippen LogP contribution in [-0.2, 0) is 0 Å². The predicted octanol–water partition coefficient (Wildman–Crippen LogP) is 4.89. The minimum absolute atomic E-state index is 0. The van der Waals surface area contributed by atoms with Gasteiger partial charge in [0.05, 0.1) is 6.04 Å². The first-order valence-electron chi connectivity index (χ1n) is 6.69. The number of thiophene rings is 1. The summed E-state index contributed by atoms with van der Waals surface area (Å²) in [7, 11) is 0. The Bertz CT molecular complexity index is 551. The molecule has 1 N–H and O–H groups in total. The molecule has 122 valence electrons. The van der Waals surface area contributed by atoms with Crippen molar-refractivity contribution in [2.45, 2.75) is 6.04 Å². The zero-order valence-corrected chi connectivity index (χ0v) is 15.8. The fourth-order valence-corrected chi connectivity index (χ4v) is 4.14. The van der Waals surface area contributed by atoms with Crippen molar-refractivity contribution >= 4 is 59.4 Å². The molecule has 1 aliphatic heterocycles. The van der Waals surface area contributed by atoms with Gasteiger partial charge in [0.15, 0.2) is 0 Å². The van der Waals surface area contributed by atoms with Crippen molar-refractivity contribution in [2.75, 3.05) is 26.2 Å². The maximum atomic E-state index is 6.44. The molecule has 3 rings (SSSR count). The maximum Gasteiger partial charge on any atom is 0.0726 e. The van der Waals surface area contributed by atoms with Crippen LogP contribution in [0.5, 0.6) is 0 Å². The van der Waals surface area contributed by atoms with Gasteiger partial charge in [0.2, 0.25) is 0 Å². The number of hydrogen-bond acceptors (Lipinski definition) is 3. The van der Waals surface area contributed by atoms with Gasteiger partial charge in [0.1, 0.15) is 0 Å². The molecular weight excluding hydrogens is 382 g/mol. The Labute approximate surface area is 157 Å². The van der Waals surface area contributed by atoms with Crippen LogP contribution in [0.3, 0.4) is 0 Å². The first-order valence-corrected chi connectivity index (χ1v) is 8.33. The van der Waals surface area contributed by atoms with Gasteiger partial charge in [-0.1, -0.05) is 35.3 Å². The van der Waals surface area contributed by atoms with Gasteiger partial charge < -0.3 is 5.32 Å². The predicted molar refractivity (Wildman–Crippen MR) is 102 cm³/mol. The number of nitrogens with one attached hydrogen (secondary N) is 1. The smallest absolute Gasteiger partial charge is 0.0726 e. The van der Waals surface area contributed by atoms with Gasteiger partial charge >= 0.3 is 0 Å². The summed E-state index contributed by atoms with van der Waals surface area (Å²) in [4.78, 5) is 3.75. The fraction of sp³-hybridized carbons (Fsp3) is 0.333. The first kappa shape index (κ1) is 20.0. The Morgan fingerprint density at radius 2 is 1.64 bits per heavy atom. The third-order valence-corrected chi connectivity index (χ3v) is 5.19. The van der Waals surface area contributed by atoms with Gasteiger partial charge in [-0.3, -0.25) is 4.90 Å². The molecule has 0 saturated carbocycles. The molecule has 1 aliphatic rings. The van der Waals surface area contributed by atoms with Crippen LogP contribution in [0.1, 0.15) is 16.5 Å². The second-order valence-corrected chi connectivity index (χ2v) is 6.63. The van der Waals surface area contributed by atoms with E-state index in [0.717, 1.165) is 41.8 Å². The molecule has 22 heavy (non-hydrogen) atoms. The summed E-state index contributed by atoms with van der Waals surface area (Å²) in [5.41, 5.74) is 1.03. The van der Waals surface area contributed by atoms with E-state index in [2.05, 4.69) is 27.7 Å². The lowest BCUT2D eigenvalue weighted by Crippen LogP contribution is -2.45. The first-order chi connectivity index (χ1) is 9.77. The normalized spacial score (nSPS) is 16.5. The Morgan fingerprint density at radius 3 is 2.18 bits per heavy atom. The lowest BCUT2D eigenvalue weighted by Gasteiger charge is -2.35.